The highest BCUT2D eigenvalue weighted by Crippen LogP contribution is 2.16. The molecule has 1 atom stereocenters. The van der Waals surface area contributed by atoms with Crippen LogP contribution in [0.15, 0.2) is 24.3 Å². The van der Waals surface area contributed by atoms with Crippen LogP contribution < -0.4 is 9.47 Å². The van der Waals surface area contributed by atoms with E-state index >= 15 is 0 Å². The molecular weight excluding hydrogens is 224 g/mol. The van der Waals surface area contributed by atoms with Crippen molar-refractivity contribution in [3.8, 4) is 11.5 Å². The third-order valence-corrected chi connectivity index (χ3v) is 2.01. The minimum atomic E-state index is -0.674. The van der Waals surface area contributed by atoms with Crippen molar-refractivity contribution in [2.45, 2.75) is 6.10 Å². The molecule has 1 N–H and O–H groups in total. The molecule has 0 amide bonds. The van der Waals surface area contributed by atoms with Gasteiger partial charge in [-0.2, -0.15) is 0 Å². The van der Waals surface area contributed by atoms with Crippen molar-refractivity contribution >= 4 is 0 Å². The maximum Gasteiger partial charge on any atom is 0.146 e. The lowest BCUT2D eigenvalue weighted by Gasteiger charge is -2.12. The first-order chi connectivity index (χ1) is 8.26. The minimum Gasteiger partial charge on any atom is -0.497 e. The van der Waals surface area contributed by atoms with Crippen molar-refractivity contribution in [3.63, 3.8) is 0 Å². The highest BCUT2D eigenvalue weighted by atomic mass is 16.7. The summed E-state index contributed by atoms with van der Waals surface area (Å²) in [5.41, 5.74) is 0. The van der Waals surface area contributed by atoms with Gasteiger partial charge in [0, 0.05) is 7.11 Å². The smallest absolute Gasteiger partial charge is 0.146 e. The Hall–Kier alpha value is -1.30. The van der Waals surface area contributed by atoms with Crippen LogP contribution in [0.1, 0.15) is 0 Å². The summed E-state index contributed by atoms with van der Waals surface area (Å²) < 4.78 is 20.1. The third-order valence-electron chi connectivity index (χ3n) is 2.01. The van der Waals surface area contributed by atoms with Gasteiger partial charge in [-0.15, -0.1) is 0 Å². The van der Waals surface area contributed by atoms with Crippen LogP contribution >= 0.6 is 0 Å². The predicted molar refractivity (Wildman–Crippen MR) is 62.3 cm³/mol. The highest BCUT2D eigenvalue weighted by molar-refractivity contribution is 5.31. The van der Waals surface area contributed by atoms with E-state index in [2.05, 4.69) is 0 Å². The molecule has 0 unspecified atom stereocenters. The van der Waals surface area contributed by atoms with Gasteiger partial charge in [0.05, 0.1) is 13.7 Å². The number of aliphatic hydroxyl groups is 1. The second-order valence-electron chi connectivity index (χ2n) is 3.42. The average molecular weight is 242 g/mol. The lowest BCUT2D eigenvalue weighted by Crippen LogP contribution is -2.23. The first kappa shape index (κ1) is 13.8. The van der Waals surface area contributed by atoms with Crippen LogP contribution in [0.5, 0.6) is 11.5 Å². The summed E-state index contributed by atoms with van der Waals surface area (Å²) in [6.45, 7) is 0.527. The average Bonchev–Trinajstić information content (AvgIpc) is 2.37. The van der Waals surface area contributed by atoms with E-state index in [1.807, 2.05) is 0 Å². The molecule has 17 heavy (non-hydrogen) atoms. The standard InChI is InChI=1S/C12H18O5/c1-14-9-16-7-10(13)8-17-12-5-3-11(15-2)4-6-12/h3-6,10,13H,7-9H2,1-2H3/t10-/m1/s1. The molecule has 0 bridgehead atoms. The molecule has 5 nitrogen and oxygen atoms in total. The molecule has 0 aliphatic heterocycles. The van der Waals surface area contributed by atoms with Gasteiger partial charge in [-0.05, 0) is 24.3 Å². The molecule has 0 aromatic heterocycles. The van der Waals surface area contributed by atoms with Gasteiger partial charge in [-0.3, -0.25) is 0 Å². The van der Waals surface area contributed by atoms with E-state index in [0.29, 0.717) is 5.75 Å². The van der Waals surface area contributed by atoms with Gasteiger partial charge in [0.2, 0.25) is 0 Å². The number of ether oxygens (including phenoxy) is 4. The zero-order valence-corrected chi connectivity index (χ0v) is 10.1. The topological polar surface area (TPSA) is 57.2 Å². The number of hydrogen-bond acceptors (Lipinski definition) is 5. The van der Waals surface area contributed by atoms with Gasteiger partial charge in [0.15, 0.2) is 0 Å². The molecule has 1 rings (SSSR count). The summed E-state index contributed by atoms with van der Waals surface area (Å²) in [4.78, 5) is 0. The van der Waals surface area contributed by atoms with Crippen LogP contribution in [0.3, 0.4) is 0 Å². The SMILES string of the molecule is COCOC[C@@H](O)COc1ccc(OC)cc1. The van der Waals surface area contributed by atoms with Gasteiger partial charge in [0.25, 0.3) is 0 Å². The third kappa shape index (κ3) is 5.53. The lowest BCUT2D eigenvalue weighted by molar-refractivity contribution is -0.0685. The second kappa shape index (κ2) is 7.89. The summed E-state index contributed by atoms with van der Waals surface area (Å²) >= 11 is 0. The monoisotopic (exact) mass is 242 g/mol. The van der Waals surface area contributed by atoms with Gasteiger partial charge in [-0.25, -0.2) is 0 Å². The molecule has 0 spiro atoms. The fraction of sp³-hybridized carbons (Fsp3) is 0.500. The Morgan fingerprint density at radius 2 is 1.71 bits per heavy atom. The van der Waals surface area contributed by atoms with Crippen molar-refractivity contribution < 1.29 is 24.1 Å². The van der Waals surface area contributed by atoms with E-state index in [0.717, 1.165) is 5.75 Å². The fourth-order valence-corrected chi connectivity index (χ4v) is 1.18. The number of aliphatic hydroxyl groups excluding tert-OH is 1. The van der Waals surface area contributed by atoms with Crippen molar-refractivity contribution in [1.29, 1.82) is 0 Å². The molecular formula is C12H18O5. The summed E-state index contributed by atoms with van der Waals surface area (Å²) in [5, 5.41) is 9.51. The van der Waals surface area contributed by atoms with Gasteiger partial charge < -0.3 is 24.1 Å². The Morgan fingerprint density at radius 1 is 1.06 bits per heavy atom. The lowest BCUT2D eigenvalue weighted by atomic mass is 10.3. The molecule has 0 radical (unpaired) electrons. The Bertz CT molecular complexity index is 298. The van der Waals surface area contributed by atoms with Crippen LogP contribution in [0.25, 0.3) is 0 Å². The zero-order chi connectivity index (χ0) is 12.5. The molecule has 1 aromatic rings. The number of hydrogen-bond donors (Lipinski definition) is 1. The molecule has 0 saturated carbocycles. The van der Waals surface area contributed by atoms with Gasteiger partial charge in [-0.1, -0.05) is 0 Å². The predicted octanol–water partition coefficient (Wildman–Crippen LogP) is 1.06. The Labute approximate surface area is 101 Å². The molecule has 5 heteroatoms. The van der Waals surface area contributed by atoms with Crippen molar-refractivity contribution in [2.75, 3.05) is 34.2 Å². The van der Waals surface area contributed by atoms with Crippen LogP contribution in [0, 0.1) is 0 Å². The summed E-state index contributed by atoms with van der Waals surface area (Å²) in [6, 6.07) is 7.15. The van der Waals surface area contributed by atoms with Crippen molar-refractivity contribution in [3.05, 3.63) is 24.3 Å². The van der Waals surface area contributed by atoms with Crippen molar-refractivity contribution in [1.82, 2.24) is 0 Å². The van der Waals surface area contributed by atoms with E-state index in [9.17, 15) is 5.11 Å². The number of rotatable bonds is 8. The van der Waals surface area contributed by atoms with E-state index < -0.39 is 6.10 Å². The molecule has 0 saturated heterocycles. The highest BCUT2D eigenvalue weighted by Gasteiger charge is 2.05. The molecule has 0 fully saturated rings. The second-order valence-corrected chi connectivity index (χ2v) is 3.42. The molecule has 1 aromatic carbocycles. The first-order valence-corrected chi connectivity index (χ1v) is 5.28. The molecule has 0 heterocycles. The normalized spacial score (nSPS) is 12.2. The number of methoxy groups -OCH3 is 2. The van der Waals surface area contributed by atoms with E-state index in [1.165, 1.54) is 7.11 Å². The maximum absolute atomic E-state index is 9.51. The summed E-state index contributed by atoms with van der Waals surface area (Å²) in [7, 11) is 3.13. The Morgan fingerprint density at radius 3 is 2.29 bits per heavy atom. The summed E-state index contributed by atoms with van der Waals surface area (Å²) in [5.74, 6) is 1.44. The quantitative estimate of drug-likeness (QED) is 0.545. The summed E-state index contributed by atoms with van der Waals surface area (Å²) in [6.07, 6.45) is -0.674. The zero-order valence-electron chi connectivity index (χ0n) is 10.1. The first-order valence-electron chi connectivity index (χ1n) is 5.28. The Balaban J connectivity index is 2.24. The molecule has 96 valence electrons. The van der Waals surface area contributed by atoms with Crippen LogP contribution in [0.4, 0.5) is 0 Å². The van der Waals surface area contributed by atoms with Crippen LogP contribution in [-0.2, 0) is 9.47 Å². The fourth-order valence-electron chi connectivity index (χ4n) is 1.18. The molecule has 0 aliphatic carbocycles. The van der Waals surface area contributed by atoms with Gasteiger partial charge in [0.1, 0.15) is 31.0 Å². The minimum absolute atomic E-state index is 0.166. The van der Waals surface area contributed by atoms with Crippen LogP contribution in [0.2, 0.25) is 0 Å². The van der Waals surface area contributed by atoms with Crippen molar-refractivity contribution in [2.24, 2.45) is 0 Å². The van der Waals surface area contributed by atoms with Crippen LogP contribution in [-0.4, -0.2) is 45.4 Å². The van der Waals surface area contributed by atoms with Gasteiger partial charge >= 0.3 is 0 Å². The maximum atomic E-state index is 9.51. The largest absolute Gasteiger partial charge is 0.497 e. The molecule has 0 aliphatic rings. The van der Waals surface area contributed by atoms with E-state index in [-0.39, 0.29) is 20.0 Å². The Kier molecular flexibility index (Phi) is 6.39. The van der Waals surface area contributed by atoms with E-state index in [4.69, 9.17) is 18.9 Å². The number of benzene rings is 1. The van der Waals surface area contributed by atoms with E-state index in [1.54, 1.807) is 31.4 Å².